The van der Waals surface area contributed by atoms with Gasteiger partial charge < -0.3 is 25.4 Å². The Balaban J connectivity index is 0.000000401. The summed E-state index contributed by atoms with van der Waals surface area (Å²) in [5.74, 6) is 0. The molecule has 4 N–H and O–H groups in total. The van der Waals surface area contributed by atoms with Crippen LogP contribution in [-0.4, -0.2) is 58.1 Å². The number of rotatable bonds is 4. The van der Waals surface area contributed by atoms with Crippen LogP contribution in [0.5, 0.6) is 0 Å². The van der Waals surface area contributed by atoms with Crippen molar-refractivity contribution in [3.05, 3.63) is 42.2 Å². The van der Waals surface area contributed by atoms with Crippen molar-refractivity contribution in [2.75, 3.05) is 19.5 Å². The van der Waals surface area contributed by atoms with Gasteiger partial charge in [0.1, 0.15) is 6.07 Å². The molecule has 0 unspecified atom stereocenters. The maximum absolute atomic E-state index is 9.85. The lowest BCUT2D eigenvalue weighted by Crippen LogP contribution is -2.36. The number of methoxy groups -OCH3 is 1. The molecule has 0 saturated heterocycles. The van der Waals surface area contributed by atoms with Gasteiger partial charge in [-0.3, -0.25) is 4.98 Å². The van der Waals surface area contributed by atoms with E-state index < -0.39 is 13.2 Å². The summed E-state index contributed by atoms with van der Waals surface area (Å²) in [6.45, 7) is 0. The van der Waals surface area contributed by atoms with E-state index in [0.717, 1.165) is 24.1 Å². The molecule has 0 atom stereocenters. The number of pyridine rings is 1. The minimum absolute atomic E-state index is 0.355. The number of ether oxygens (including phenoxy) is 1. The van der Waals surface area contributed by atoms with E-state index in [-0.39, 0.29) is 0 Å². The molecule has 3 heterocycles. The number of carbonyl (C=O) groups is 1. The predicted octanol–water partition coefficient (Wildman–Crippen LogP) is 0.884. The zero-order valence-corrected chi connectivity index (χ0v) is 17.2. The molecule has 31 heavy (non-hydrogen) atoms. The van der Waals surface area contributed by atoms with E-state index in [1.54, 1.807) is 10.6 Å². The molecule has 0 aromatic carbocycles. The quantitative estimate of drug-likeness (QED) is 0.454. The highest BCUT2D eigenvalue weighted by Gasteiger charge is 2.23. The summed E-state index contributed by atoms with van der Waals surface area (Å²) < 4.78 is 5.86. The number of hydrogen-bond donors (Lipinski definition) is 4. The first-order valence-electron chi connectivity index (χ1n) is 9.73. The highest BCUT2D eigenvalue weighted by Crippen LogP contribution is 2.26. The third kappa shape index (κ3) is 5.11. The fourth-order valence-corrected chi connectivity index (χ4v) is 3.07. The first-order chi connectivity index (χ1) is 15.0. The number of hydrogen-bond acceptors (Lipinski definition) is 8. The van der Waals surface area contributed by atoms with Gasteiger partial charge in [-0.05, 0) is 43.5 Å². The number of anilines is 1. The van der Waals surface area contributed by atoms with Crippen LogP contribution in [0.3, 0.4) is 0 Å². The molecule has 4 rings (SSSR count). The highest BCUT2D eigenvalue weighted by molar-refractivity contribution is 6.60. The first kappa shape index (κ1) is 22.1. The Hall–Kier alpha value is -3.62. The van der Waals surface area contributed by atoms with Crippen LogP contribution in [0, 0.1) is 11.3 Å². The van der Waals surface area contributed by atoms with Crippen LogP contribution in [0.1, 0.15) is 24.8 Å². The van der Waals surface area contributed by atoms with Crippen LogP contribution in [0.2, 0.25) is 0 Å². The third-order valence-corrected chi connectivity index (χ3v) is 4.96. The number of nitrogens with zero attached hydrogens (tertiary/aromatic N) is 4. The average molecular weight is 422 g/mol. The maximum Gasteiger partial charge on any atom is 0.492 e. The summed E-state index contributed by atoms with van der Waals surface area (Å²) in [5.41, 5.74) is 3.77. The van der Waals surface area contributed by atoms with E-state index in [1.165, 1.54) is 33.0 Å². The van der Waals surface area contributed by atoms with E-state index in [9.17, 15) is 14.8 Å². The average Bonchev–Trinajstić information content (AvgIpc) is 3.19. The van der Waals surface area contributed by atoms with Crippen molar-refractivity contribution < 1.29 is 19.6 Å². The molecule has 3 aromatic heterocycles. The van der Waals surface area contributed by atoms with Crippen molar-refractivity contribution in [1.82, 2.24) is 19.9 Å². The number of alkyl carbamates (subject to hydrolysis) is 1. The lowest BCUT2D eigenvalue weighted by Gasteiger charge is -2.28. The molecule has 0 radical (unpaired) electrons. The van der Waals surface area contributed by atoms with Gasteiger partial charge in [-0.25, -0.2) is 9.31 Å². The largest absolute Gasteiger partial charge is 0.492 e. The third-order valence-electron chi connectivity index (χ3n) is 4.96. The zero-order chi connectivity index (χ0) is 22.4. The highest BCUT2D eigenvalue weighted by atomic mass is 16.5. The Labute approximate surface area is 179 Å². The minimum atomic E-state index is -1.58. The molecule has 3 aromatic rings. The minimum Gasteiger partial charge on any atom is -0.453 e. The SMILES string of the molecule is CNC(=O)OC.N#Cc1cnn2c(-c3cc(NC4CCC4)c(B(O)O)cn3)ccc2c1. The van der Waals surface area contributed by atoms with Gasteiger partial charge in [-0.15, -0.1) is 0 Å². The molecule has 1 amide bonds. The number of aromatic nitrogens is 3. The molecular weight excluding hydrogens is 399 g/mol. The fraction of sp³-hybridized carbons (Fsp3) is 0.300. The van der Waals surface area contributed by atoms with E-state index in [4.69, 9.17) is 5.26 Å². The molecule has 1 aliphatic rings. The van der Waals surface area contributed by atoms with Gasteiger partial charge in [0.25, 0.3) is 0 Å². The van der Waals surface area contributed by atoms with Gasteiger partial charge in [0.15, 0.2) is 0 Å². The van der Waals surface area contributed by atoms with E-state index >= 15 is 0 Å². The molecule has 0 aliphatic heterocycles. The molecule has 11 heteroatoms. The van der Waals surface area contributed by atoms with Crippen LogP contribution < -0.4 is 16.1 Å². The summed E-state index contributed by atoms with van der Waals surface area (Å²) in [6.07, 6.45) is 5.91. The lowest BCUT2D eigenvalue weighted by atomic mass is 9.79. The zero-order valence-electron chi connectivity index (χ0n) is 17.2. The summed E-state index contributed by atoms with van der Waals surface area (Å²) in [4.78, 5) is 14.2. The standard InChI is InChI=1S/C17H16BN5O2.C3H7NO2/c19-8-11-6-13-4-5-17(23(13)21-9-11)16-7-15(22-12-2-1-3-12)14(10-20-16)18(24)25;1-4-3(5)6-2/h4-7,9-10,12,24-25H,1-3H2,(H,20,22);1-2H3,(H,4,5). The number of carbonyl (C=O) groups excluding carboxylic acids is 1. The van der Waals surface area contributed by atoms with E-state index in [0.29, 0.717) is 28.4 Å². The molecule has 0 spiro atoms. The first-order valence-corrected chi connectivity index (χ1v) is 9.73. The molecule has 1 aliphatic carbocycles. The second kappa shape index (κ2) is 9.93. The number of fused-ring (bicyclic) bond motifs is 1. The van der Waals surface area contributed by atoms with Gasteiger partial charge in [0, 0.05) is 30.4 Å². The topological polar surface area (TPSA) is 145 Å². The normalized spacial score (nSPS) is 12.7. The van der Waals surface area contributed by atoms with Gasteiger partial charge >= 0.3 is 13.2 Å². The van der Waals surface area contributed by atoms with Crippen molar-refractivity contribution in [2.45, 2.75) is 25.3 Å². The maximum atomic E-state index is 9.85. The van der Waals surface area contributed by atoms with Crippen molar-refractivity contribution >= 4 is 29.9 Å². The monoisotopic (exact) mass is 422 g/mol. The fourth-order valence-electron chi connectivity index (χ4n) is 3.07. The van der Waals surface area contributed by atoms with Gasteiger partial charge in [-0.1, -0.05) is 0 Å². The molecular formula is C20H23BN6O4. The van der Waals surface area contributed by atoms with Crippen molar-refractivity contribution in [2.24, 2.45) is 0 Å². The van der Waals surface area contributed by atoms with Crippen LogP contribution >= 0.6 is 0 Å². The van der Waals surface area contributed by atoms with Crippen molar-refractivity contribution in [3.8, 4) is 17.5 Å². The molecule has 160 valence electrons. The van der Waals surface area contributed by atoms with Crippen LogP contribution in [0.4, 0.5) is 10.5 Å². The van der Waals surface area contributed by atoms with E-state index in [1.807, 2.05) is 18.2 Å². The second-order valence-electron chi connectivity index (χ2n) is 6.96. The molecule has 1 saturated carbocycles. The Kier molecular flexibility index (Phi) is 7.07. The van der Waals surface area contributed by atoms with Crippen molar-refractivity contribution in [3.63, 3.8) is 0 Å². The number of nitriles is 1. The second-order valence-corrected chi connectivity index (χ2v) is 6.96. The summed E-state index contributed by atoms with van der Waals surface area (Å²) in [7, 11) is 1.24. The predicted molar refractivity (Wildman–Crippen MR) is 116 cm³/mol. The Bertz CT molecular complexity index is 1100. The summed E-state index contributed by atoms with van der Waals surface area (Å²) >= 11 is 0. The van der Waals surface area contributed by atoms with Gasteiger partial charge in [0.05, 0.1) is 35.8 Å². The lowest BCUT2D eigenvalue weighted by molar-refractivity contribution is 0.173. The summed E-state index contributed by atoms with van der Waals surface area (Å²) in [5, 5.41) is 38.1. The smallest absolute Gasteiger partial charge is 0.453 e. The Morgan fingerprint density at radius 3 is 2.65 bits per heavy atom. The van der Waals surface area contributed by atoms with Crippen molar-refractivity contribution in [1.29, 1.82) is 5.26 Å². The number of amides is 1. The van der Waals surface area contributed by atoms with Gasteiger partial charge in [0.2, 0.25) is 0 Å². The van der Waals surface area contributed by atoms with Crippen LogP contribution in [-0.2, 0) is 4.74 Å². The van der Waals surface area contributed by atoms with E-state index in [2.05, 4.69) is 31.5 Å². The van der Waals surface area contributed by atoms with Crippen LogP contribution in [0.25, 0.3) is 16.9 Å². The summed E-state index contributed by atoms with van der Waals surface area (Å²) in [6, 6.07) is 9.76. The number of nitrogens with one attached hydrogen (secondary N) is 2. The molecule has 1 fully saturated rings. The Morgan fingerprint density at radius 1 is 1.32 bits per heavy atom. The van der Waals surface area contributed by atoms with Crippen LogP contribution in [0.15, 0.2) is 36.7 Å². The molecule has 10 nitrogen and oxygen atoms in total. The Morgan fingerprint density at radius 2 is 2.10 bits per heavy atom. The molecule has 0 bridgehead atoms. The van der Waals surface area contributed by atoms with Gasteiger partial charge in [-0.2, -0.15) is 10.4 Å².